The van der Waals surface area contributed by atoms with E-state index in [0.29, 0.717) is 12.2 Å². The second-order valence-electron chi connectivity index (χ2n) is 3.83. The lowest BCUT2D eigenvalue weighted by Crippen LogP contribution is -2.43. The number of hydrogen-bond donors (Lipinski definition) is 2. The van der Waals surface area contributed by atoms with Crippen LogP contribution in [-0.4, -0.2) is 32.2 Å². The van der Waals surface area contributed by atoms with E-state index in [4.69, 9.17) is 10.5 Å². The zero-order valence-electron chi connectivity index (χ0n) is 10.00. The van der Waals surface area contributed by atoms with Gasteiger partial charge in [0.15, 0.2) is 0 Å². The van der Waals surface area contributed by atoms with Gasteiger partial charge in [0.2, 0.25) is 0 Å². The fourth-order valence-corrected chi connectivity index (χ4v) is 1.37. The molecule has 94 valence electrons. The van der Waals surface area contributed by atoms with Crippen LogP contribution in [0.25, 0.3) is 0 Å². The zero-order chi connectivity index (χ0) is 12.8. The lowest BCUT2D eigenvalue weighted by Gasteiger charge is -2.15. The average Bonchev–Trinajstić information content (AvgIpc) is 2.31. The summed E-state index contributed by atoms with van der Waals surface area (Å²) in [5.41, 5.74) is 6.26. The monoisotopic (exact) mass is 240 g/mol. The van der Waals surface area contributed by atoms with E-state index in [-0.39, 0.29) is 24.1 Å². The van der Waals surface area contributed by atoms with Gasteiger partial charge in [-0.05, 0) is 24.6 Å². The SMILES string of the molecule is COCC(CN)NC(=O)c1ccc(C)c(F)c1. The quantitative estimate of drug-likeness (QED) is 0.801. The minimum Gasteiger partial charge on any atom is -0.383 e. The molecule has 3 N–H and O–H groups in total. The molecule has 1 aromatic carbocycles. The number of amides is 1. The molecule has 5 heteroatoms. The Labute approximate surface area is 100.0 Å². The van der Waals surface area contributed by atoms with E-state index >= 15 is 0 Å². The Balaban J connectivity index is 2.72. The fraction of sp³-hybridized carbons (Fsp3) is 0.417. The number of methoxy groups -OCH3 is 1. The molecule has 0 spiro atoms. The normalized spacial score (nSPS) is 12.2. The van der Waals surface area contributed by atoms with Gasteiger partial charge in [-0.1, -0.05) is 6.07 Å². The number of nitrogens with one attached hydrogen (secondary N) is 1. The topological polar surface area (TPSA) is 64.3 Å². The van der Waals surface area contributed by atoms with Gasteiger partial charge in [-0.3, -0.25) is 4.79 Å². The Morgan fingerprint density at radius 2 is 2.29 bits per heavy atom. The maximum atomic E-state index is 13.3. The van der Waals surface area contributed by atoms with E-state index in [9.17, 15) is 9.18 Å². The third-order valence-electron chi connectivity index (χ3n) is 2.42. The van der Waals surface area contributed by atoms with Crippen LogP contribution in [0.15, 0.2) is 18.2 Å². The summed E-state index contributed by atoms with van der Waals surface area (Å²) in [6.07, 6.45) is 0. The van der Waals surface area contributed by atoms with Crippen LogP contribution in [0.1, 0.15) is 15.9 Å². The van der Waals surface area contributed by atoms with Crippen molar-refractivity contribution in [3.63, 3.8) is 0 Å². The summed E-state index contributed by atoms with van der Waals surface area (Å²) in [6.45, 7) is 2.25. The number of halogens is 1. The Bertz CT molecular complexity index is 396. The number of hydrogen-bond acceptors (Lipinski definition) is 3. The van der Waals surface area contributed by atoms with E-state index in [1.165, 1.54) is 13.2 Å². The molecule has 0 heterocycles. The van der Waals surface area contributed by atoms with Crippen molar-refractivity contribution < 1.29 is 13.9 Å². The van der Waals surface area contributed by atoms with Crippen molar-refractivity contribution in [1.82, 2.24) is 5.32 Å². The summed E-state index contributed by atoms with van der Waals surface area (Å²) < 4.78 is 18.2. The minimum atomic E-state index is -0.395. The molecule has 0 fully saturated rings. The highest BCUT2D eigenvalue weighted by Crippen LogP contribution is 2.09. The molecule has 1 atom stereocenters. The predicted molar refractivity (Wildman–Crippen MR) is 63.3 cm³/mol. The Kier molecular flexibility index (Phi) is 5.06. The highest BCUT2D eigenvalue weighted by Gasteiger charge is 2.13. The van der Waals surface area contributed by atoms with Gasteiger partial charge in [-0.2, -0.15) is 0 Å². The smallest absolute Gasteiger partial charge is 0.251 e. The summed E-state index contributed by atoms with van der Waals surface area (Å²) >= 11 is 0. The number of ether oxygens (including phenoxy) is 1. The molecule has 0 aromatic heterocycles. The average molecular weight is 240 g/mol. The highest BCUT2D eigenvalue weighted by atomic mass is 19.1. The van der Waals surface area contributed by atoms with E-state index in [1.54, 1.807) is 19.1 Å². The van der Waals surface area contributed by atoms with Crippen LogP contribution in [0.4, 0.5) is 4.39 Å². The largest absolute Gasteiger partial charge is 0.383 e. The second kappa shape index (κ2) is 6.32. The molecular formula is C12H17FN2O2. The van der Waals surface area contributed by atoms with E-state index in [2.05, 4.69) is 5.32 Å². The molecule has 1 unspecified atom stereocenters. The van der Waals surface area contributed by atoms with Crippen molar-refractivity contribution in [3.8, 4) is 0 Å². The summed E-state index contributed by atoms with van der Waals surface area (Å²) in [6, 6.07) is 4.09. The van der Waals surface area contributed by atoms with Gasteiger partial charge in [0.05, 0.1) is 12.6 Å². The van der Waals surface area contributed by atoms with Crippen LogP contribution in [0.5, 0.6) is 0 Å². The van der Waals surface area contributed by atoms with Crippen LogP contribution in [-0.2, 0) is 4.74 Å². The molecule has 1 amide bonds. The van der Waals surface area contributed by atoms with Gasteiger partial charge in [0, 0.05) is 19.2 Å². The molecule has 1 aromatic rings. The third kappa shape index (κ3) is 3.80. The number of carbonyl (C=O) groups is 1. The molecular weight excluding hydrogens is 223 g/mol. The summed E-state index contributed by atoms with van der Waals surface area (Å²) in [4.78, 5) is 11.8. The Morgan fingerprint density at radius 3 is 2.82 bits per heavy atom. The molecule has 0 aliphatic rings. The van der Waals surface area contributed by atoms with E-state index < -0.39 is 5.82 Å². The van der Waals surface area contributed by atoms with E-state index in [1.807, 2.05) is 0 Å². The number of rotatable bonds is 5. The Morgan fingerprint density at radius 1 is 1.59 bits per heavy atom. The molecule has 0 saturated heterocycles. The van der Waals surface area contributed by atoms with Gasteiger partial charge in [0.25, 0.3) is 5.91 Å². The van der Waals surface area contributed by atoms with Gasteiger partial charge < -0.3 is 15.8 Å². The van der Waals surface area contributed by atoms with Crippen LogP contribution < -0.4 is 11.1 Å². The highest BCUT2D eigenvalue weighted by molar-refractivity contribution is 5.94. The lowest BCUT2D eigenvalue weighted by atomic mass is 10.1. The molecule has 0 aliphatic heterocycles. The molecule has 0 aliphatic carbocycles. The standard InChI is InChI=1S/C12H17FN2O2/c1-8-3-4-9(5-11(8)13)12(16)15-10(6-14)7-17-2/h3-5,10H,6-7,14H2,1-2H3,(H,15,16). The van der Waals surface area contributed by atoms with Crippen molar-refractivity contribution in [2.45, 2.75) is 13.0 Å². The number of nitrogens with two attached hydrogens (primary N) is 1. The van der Waals surface area contributed by atoms with Crippen molar-refractivity contribution in [1.29, 1.82) is 0 Å². The maximum absolute atomic E-state index is 13.3. The van der Waals surface area contributed by atoms with Crippen LogP contribution >= 0.6 is 0 Å². The van der Waals surface area contributed by atoms with Crippen molar-refractivity contribution in [2.24, 2.45) is 5.73 Å². The van der Waals surface area contributed by atoms with Crippen molar-refractivity contribution in [2.75, 3.05) is 20.3 Å². The van der Waals surface area contributed by atoms with Crippen LogP contribution in [0, 0.1) is 12.7 Å². The first kappa shape index (κ1) is 13.6. The van der Waals surface area contributed by atoms with Gasteiger partial charge >= 0.3 is 0 Å². The first-order valence-electron chi connectivity index (χ1n) is 5.34. The molecule has 0 radical (unpaired) electrons. The molecule has 1 rings (SSSR count). The Hall–Kier alpha value is -1.46. The van der Waals surface area contributed by atoms with Crippen molar-refractivity contribution >= 4 is 5.91 Å². The summed E-state index contributed by atoms with van der Waals surface area (Å²) in [5, 5.41) is 2.67. The minimum absolute atomic E-state index is 0.267. The molecule has 0 saturated carbocycles. The van der Waals surface area contributed by atoms with Gasteiger partial charge in [-0.15, -0.1) is 0 Å². The number of aryl methyl sites for hydroxylation is 1. The van der Waals surface area contributed by atoms with Crippen molar-refractivity contribution in [3.05, 3.63) is 35.1 Å². The summed E-state index contributed by atoms with van der Waals surface area (Å²) in [7, 11) is 1.53. The second-order valence-corrected chi connectivity index (χ2v) is 3.83. The van der Waals surface area contributed by atoms with Crippen LogP contribution in [0.3, 0.4) is 0 Å². The van der Waals surface area contributed by atoms with E-state index in [0.717, 1.165) is 0 Å². The number of carbonyl (C=O) groups excluding carboxylic acids is 1. The predicted octanol–water partition coefficient (Wildman–Crippen LogP) is 0.838. The fourth-order valence-electron chi connectivity index (χ4n) is 1.37. The molecule has 17 heavy (non-hydrogen) atoms. The summed E-state index contributed by atoms with van der Waals surface area (Å²) in [5.74, 6) is -0.745. The van der Waals surface area contributed by atoms with Crippen LogP contribution in [0.2, 0.25) is 0 Å². The first-order chi connectivity index (χ1) is 8.08. The maximum Gasteiger partial charge on any atom is 0.251 e. The lowest BCUT2D eigenvalue weighted by molar-refractivity contribution is 0.0900. The third-order valence-corrected chi connectivity index (χ3v) is 2.42. The molecule has 0 bridgehead atoms. The zero-order valence-corrected chi connectivity index (χ0v) is 10.00. The first-order valence-corrected chi connectivity index (χ1v) is 5.34. The molecule has 4 nitrogen and oxygen atoms in total. The number of benzene rings is 1. The van der Waals surface area contributed by atoms with Gasteiger partial charge in [-0.25, -0.2) is 4.39 Å². The van der Waals surface area contributed by atoms with Gasteiger partial charge in [0.1, 0.15) is 5.82 Å².